The van der Waals surface area contributed by atoms with Crippen LogP contribution in [0.25, 0.3) is 0 Å². The summed E-state index contributed by atoms with van der Waals surface area (Å²) in [7, 11) is 1.59. The minimum atomic E-state index is -0.242. The summed E-state index contributed by atoms with van der Waals surface area (Å²) >= 11 is 0. The first-order valence-electron chi connectivity index (χ1n) is 10.7. The number of aromatic nitrogens is 2. The smallest absolute Gasteiger partial charge is 0.271 e. The predicted octanol–water partition coefficient (Wildman–Crippen LogP) is 3.78. The number of nitrogens with one attached hydrogen (secondary N) is 3. The van der Waals surface area contributed by atoms with E-state index in [1.807, 2.05) is 19.1 Å². The maximum atomic E-state index is 12.1. The van der Waals surface area contributed by atoms with Gasteiger partial charge in [-0.25, -0.2) is 9.97 Å². The SMILES string of the molecule is CNC(=O)c1ncccc1Nc1cc(Nc2ccc(N3CCOCC3)cc2C)ncc1C. The van der Waals surface area contributed by atoms with Crippen molar-refractivity contribution in [1.29, 1.82) is 0 Å². The first-order chi connectivity index (χ1) is 15.5. The molecule has 1 fully saturated rings. The molecule has 8 nitrogen and oxygen atoms in total. The highest BCUT2D eigenvalue weighted by molar-refractivity contribution is 5.98. The molecule has 0 bridgehead atoms. The Hall–Kier alpha value is -3.65. The molecule has 3 aromatic rings. The largest absolute Gasteiger partial charge is 0.378 e. The Kier molecular flexibility index (Phi) is 6.51. The Morgan fingerprint density at radius 2 is 1.78 bits per heavy atom. The molecule has 1 saturated heterocycles. The molecule has 0 atom stereocenters. The van der Waals surface area contributed by atoms with Gasteiger partial charge in [-0.1, -0.05) is 0 Å². The number of hydrogen-bond donors (Lipinski definition) is 3. The predicted molar refractivity (Wildman–Crippen MR) is 127 cm³/mol. The first-order valence-corrected chi connectivity index (χ1v) is 10.7. The zero-order chi connectivity index (χ0) is 22.5. The minimum Gasteiger partial charge on any atom is -0.378 e. The molecule has 1 aromatic carbocycles. The van der Waals surface area contributed by atoms with E-state index in [4.69, 9.17) is 4.74 Å². The number of hydrogen-bond acceptors (Lipinski definition) is 7. The van der Waals surface area contributed by atoms with Gasteiger partial charge in [0.2, 0.25) is 0 Å². The Bertz CT molecular complexity index is 1110. The van der Waals surface area contributed by atoms with Gasteiger partial charge in [-0.15, -0.1) is 0 Å². The quantitative estimate of drug-likeness (QED) is 0.546. The van der Waals surface area contributed by atoms with E-state index >= 15 is 0 Å². The lowest BCUT2D eigenvalue weighted by Crippen LogP contribution is -2.36. The number of ether oxygens (including phenoxy) is 1. The maximum absolute atomic E-state index is 12.1. The van der Waals surface area contributed by atoms with Gasteiger partial charge < -0.3 is 25.6 Å². The second kappa shape index (κ2) is 9.65. The summed E-state index contributed by atoms with van der Waals surface area (Å²) in [5.74, 6) is 0.472. The summed E-state index contributed by atoms with van der Waals surface area (Å²) in [6, 6.07) is 12.0. The highest BCUT2D eigenvalue weighted by Gasteiger charge is 2.14. The van der Waals surface area contributed by atoms with E-state index in [1.54, 1.807) is 25.5 Å². The zero-order valence-electron chi connectivity index (χ0n) is 18.6. The van der Waals surface area contributed by atoms with Crippen LogP contribution in [0, 0.1) is 13.8 Å². The molecule has 0 saturated carbocycles. The molecular formula is C24H28N6O2. The molecule has 1 aliphatic rings. The lowest BCUT2D eigenvalue weighted by atomic mass is 10.1. The number of rotatable bonds is 6. The molecule has 166 valence electrons. The van der Waals surface area contributed by atoms with Gasteiger partial charge in [0.1, 0.15) is 5.82 Å². The summed E-state index contributed by atoms with van der Waals surface area (Å²) in [6.07, 6.45) is 3.41. The summed E-state index contributed by atoms with van der Waals surface area (Å²) in [5.41, 5.74) is 6.13. The fourth-order valence-electron chi connectivity index (χ4n) is 3.62. The van der Waals surface area contributed by atoms with Crippen molar-refractivity contribution in [3.05, 3.63) is 65.6 Å². The summed E-state index contributed by atoms with van der Waals surface area (Å²) in [5, 5.41) is 9.37. The topological polar surface area (TPSA) is 91.4 Å². The van der Waals surface area contributed by atoms with Gasteiger partial charge in [-0.2, -0.15) is 0 Å². The van der Waals surface area contributed by atoms with E-state index in [0.29, 0.717) is 17.2 Å². The van der Waals surface area contributed by atoms with Crippen molar-refractivity contribution in [3.8, 4) is 0 Å². The summed E-state index contributed by atoms with van der Waals surface area (Å²) in [6.45, 7) is 7.41. The van der Waals surface area contributed by atoms with Crippen LogP contribution in [0.4, 0.5) is 28.6 Å². The third-order valence-corrected chi connectivity index (χ3v) is 5.47. The number of amides is 1. The molecule has 8 heteroatoms. The zero-order valence-corrected chi connectivity index (χ0v) is 18.6. The van der Waals surface area contributed by atoms with E-state index < -0.39 is 0 Å². The van der Waals surface area contributed by atoms with Gasteiger partial charge in [-0.05, 0) is 55.3 Å². The van der Waals surface area contributed by atoms with E-state index in [9.17, 15) is 4.79 Å². The van der Waals surface area contributed by atoms with Crippen LogP contribution in [-0.4, -0.2) is 49.2 Å². The Balaban J connectivity index is 1.54. The van der Waals surface area contributed by atoms with Crippen molar-refractivity contribution in [3.63, 3.8) is 0 Å². The molecule has 1 amide bonds. The van der Waals surface area contributed by atoms with Gasteiger partial charge in [0, 0.05) is 55.7 Å². The third-order valence-electron chi connectivity index (χ3n) is 5.47. The highest BCUT2D eigenvalue weighted by atomic mass is 16.5. The Morgan fingerprint density at radius 3 is 2.53 bits per heavy atom. The van der Waals surface area contributed by atoms with Crippen LogP contribution in [0.3, 0.4) is 0 Å². The molecule has 0 radical (unpaired) electrons. The van der Waals surface area contributed by atoms with Crippen molar-refractivity contribution in [2.24, 2.45) is 0 Å². The molecule has 3 N–H and O–H groups in total. The molecule has 4 rings (SSSR count). The van der Waals surface area contributed by atoms with Crippen LogP contribution >= 0.6 is 0 Å². The first kappa shape index (κ1) is 21.6. The third kappa shape index (κ3) is 4.81. The number of aryl methyl sites for hydroxylation is 2. The van der Waals surface area contributed by atoms with E-state index in [1.165, 1.54) is 5.69 Å². The van der Waals surface area contributed by atoms with Crippen LogP contribution < -0.4 is 20.9 Å². The lowest BCUT2D eigenvalue weighted by molar-refractivity contribution is 0.0959. The number of nitrogens with zero attached hydrogens (tertiary/aromatic N) is 3. The summed E-state index contributed by atoms with van der Waals surface area (Å²) < 4.78 is 5.45. The van der Waals surface area contributed by atoms with Crippen LogP contribution in [-0.2, 0) is 4.74 Å². The number of morpholine rings is 1. The molecule has 1 aliphatic heterocycles. The Labute approximate surface area is 188 Å². The molecule has 32 heavy (non-hydrogen) atoms. The molecule has 0 aliphatic carbocycles. The molecule has 2 aromatic heterocycles. The number of carbonyl (C=O) groups excluding carboxylic acids is 1. The monoisotopic (exact) mass is 432 g/mol. The van der Waals surface area contributed by atoms with Crippen LogP contribution in [0.2, 0.25) is 0 Å². The van der Waals surface area contributed by atoms with Crippen LogP contribution in [0.1, 0.15) is 21.6 Å². The van der Waals surface area contributed by atoms with Crippen molar-refractivity contribution < 1.29 is 9.53 Å². The fraction of sp³-hybridized carbons (Fsp3) is 0.292. The van der Waals surface area contributed by atoms with Gasteiger partial charge in [-0.3, -0.25) is 4.79 Å². The van der Waals surface area contributed by atoms with Crippen LogP contribution in [0.5, 0.6) is 0 Å². The van der Waals surface area contributed by atoms with Gasteiger partial charge >= 0.3 is 0 Å². The van der Waals surface area contributed by atoms with E-state index in [-0.39, 0.29) is 5.91 Å². The van der Waals surface area contributed by atoms with E-state index in [2.05, 4.69) is 55.9 Å². The molecule has 3 heterocycles. The average molecular weight is 433 g/mol. The van der Waals surface area contributed by atoms with Crippen molar-refractivity contribution in [2.75, 3.05) is 48.9 Å². The Morgan fingerprint density at radius 1 is 0.969 bits per heavy atom. The normalized spacial score (nSPS) is 13.5. The van der Waals surface area contributed by atoms with Crippen LogP contribution in [0.15, 0.2) is 48.8 Å². The van der Waals surface area contributed by atoms with Gasteiger partial charge in [0.25, 0.3) is 5.91 Å². The van der Waals surface area contributed by atoms with E-state index in [0.717, 1.165) is 48.8 Å². The number of pyridine rings is 2. The maximum Gasteiger partial charge on any atom is 0.271 e. The average Bonchev–Trinajstić information content (AvgIpc) is 2.83. The summed E-state index contributed by atoms with van der Waals surface area (Å²) in [4.78, 5) is 23.2. The van der Waals surface area contributed by atoms with Gasteiger partial charge in [0.05, 0.1) is 18.9 Å². The standard InChI is InChI=1S/C24H28N6O2/c1-16-13-18(30-9-11-32-12-10-30)6-7-19(16)29-22-14-21(17(2)15-27-22)28-20-5-4-8-26-23(20)24(31)25-3/h4-8,13-15H,9-12H2,1-3H3,(H,25,31)(H2,27,28,29). The highest BCUT2D eigenvalue weighted by Crippen LogP contribution is 2.28. The van der Waals surface area contributed by atoms with Crippen molar-refractivity contribution in [2.45, 2.75) is 13.8 Å². The minimum absolute atomic E-state index is 0.242. The second-order valence-corrected chi connectivity index (χ2v) is 7.71. The second-order valence-electron chi connectivity index (χ2n) is 7.71. The molecule has 0 spiro atoms. The number of carbonyl (C=O) groups is 1. The molecule has 0 unspecified atom stereocenters. The van der Waals surface area contributed by atoms with Crippen molar-refractivity contribution >= 4 is 34.5 Å². The number of anilines is 5. The van der Waals surface area contributed by atoms with Crippen molar-refractivity contribution in [1.82, 2.24) is 15.3 Å². The fourth-order valence-corrected chi connectivity index (χ4v) is 3.62. The molecular weight excluding hydrogens is 404 g/mol. The lowest BCUT2D eigenvalue weighted by Gasteiger charge is -2.29. The number of benzene rings is 1. The van der Waals surface area contributed by atoms with Gasteiger partial charge in [0.15, 0.2) is 5.69 Å².